The van der Waals surface area contributed by atoms with E-state index in [1.807, 2.05) is 46.4 Å². The molecule has 4 nitrogen and oxygen atoms in total. The zero-order valence-corrected chi connectivity index (χ0v) is 12.1. The fraction of sp³-hybridized carbons (Fsp3) is 0.571. The van der Waals surface area contributed by atoms with Crippen LogP contribution in [0.3, 0.4) is 0 Å². The zero-order chi connectivity index (χ0) is 13.8. The van der Waals surface area contributed by atoms with E-state index in [0.29, 0.717) is 13.2 Å². The van der Waals surface area contributed by atoms with Gasteiger partial charge in [0.25, 0.3) is 0 Å². The van der Waals surface area contributed by atoms with Crippen molar-refractivity contribution in [1.29, 1.82) is 0 Å². The van der Waals surface area contributed by atoms with Crippen LogP contribution in [0.1, 0.15) is 6.92 Å². The lowest BCUT2D eigenvalue weighted by molar-refractivity contribution is 0.104. The molecule has 0 heterocycles. The highest BCUT2D eigenvalue weighted by atomic mass is 16.5. The van der Waals surface area contributed by atoms with Crippen molar-refractivity contribution in [2.75, 3.05) is 46.2 Å². The molecule has 1 rings (SSSR count). The van der Waals surface area contributed by atoms with Gasteiger partial charge in [-0.25, -0.2) is 0 Å². The first-order valence-corrected chi connectivity index (χ1v) is 6.17. The van der Waals surface area contributed by atoms with Crippen LogP contribution in [0.4, 0.5) is 5.69 Å². The SMILES string of the molecule is CN(C)c1cccc(OCC(C)(CN)N(C)C)c1. The lowest BCUT2D eigenvalue weighted by atomic mass is 10.0. The Bertz CT molecular complexity index is 379. The Morgan fingerprint density at radius 1 is 1.22 bits per heavy atom. The molecule has 0 spiro atoms. The van der Waals surface area contributed by atoms with Gasteiger partial charge < -0.3 is 15.4 Å². The quantitative estimate of drug-likeness (QED) is 0.830. The molecule has 0 bridgehead atoms. The molecule has 0 radical (unpaired) electrons. The topological polar surface area (TPSA) is 41.7 Å². The van der Waals surface area contributed by atoms with Gasteiger partial charge in [-0.05, 0) is 33.2 Å². The van der Waals surface area contributed by atoms with Crippen molar-refractivity contribution in [1.82, 2.24) is 4.90 Å². The van der Waals surface area contributed by atoms with Crippen molar-refractivity contribution in [2.24, 2.45) is 5.73 Å². The normalized spacial score (nSPS) is 14.4. The number of hydrogen-bond donors (Lipinski definition) is 1. The van der Waals surface area contributed by atoms with Gasteiger partial charge in [-0.15, -0.1) is 0 Å². The summed E-state index contributed by atoms with van der Waals surface area (Å²) in [5, 5.41) is 0. The van der Waals surface area contributed by atoms with Gasteiger partial charge in [-0.1, -0.05) is 6.07 Å². The summed E-state index contributed by atoms with van der Waals surface area (Å²) in [6.45, 7) is 3.24. The largest absolute Gasteiger partial charge is 0.492 e. The Morgan fingerprint density at radius 2 is 1.89 bits per heavy atom. The van der Waals surface area contributed by atoms with Gasteiger partial charge in [0.2, 0.25) is 0 Å². The van der Waals surface area contributed by atoms with Crippen molar-refractivity contribution in [3.05, 3.63) is 24.3 Å². The fourth-order valence-electron chi connectivity index (χ4n) is 1.46. The average Bonchev–Trinajstić information content (AvgIpc) is 2.36. The van der Waals surface area contributed by atoms with Gasteiger partial charge in [-0.3, -0.25) is 4.90 Å². The van der Waals surface area contributed by atoms with E-state index in [-0.39, 0.29) is 5.54 Å². The van der Waals surface area contributed by atoms with Gasteiger partial charge in [0.05, 0.1) is 5.54 Å². The molecule has 0 aliphatic heterocycles. The van der Waals surface area contributed by atoms with Crippen LogP contribution in [0, 0.1) is 0 Å². The molecule has 0 aromatic heterocycles. The molecule has 0 aliphatic rings. The molecular weight excluding hydrogens is 226 g/mol. The predicted molar refractivity (Wildman–Crippen MR) is 77.4 cm³/mol. The van der Waals surface area contributed by atoms with Crippen LogP contribution >= 0.6 is 0 Å². The van der Waals surface area contributed by atoms with Crippen molar-refractivity contribution in [3.63, 3.8) is 0 Å². The molecule has 1 aromatic rings. The highest BCUT2D eigenvalue weighted by Crippen LogP contribution is 2.21. The predicted octanol–water partition coefficient (Wildman–Crippen LogP) is 1.41. The number of rotatable bonds is 6. The van der Waals surface area contributed by atoms with Crippen LogP contribution < -0.4 is 15.4 Å². The maximum atomic E-state index is 5.87. The summed E-state index contributed by atoms with van der Waals surface area (Å²) in [7, 11) is 8.07. The first-order chi connectivity index (χ1) is 8.39. The highest BCUT2D eigenvalue weighted by Gasteiger charge is 2.26. The molecule has 0 amide bonds. The van der Waals surface area contributed by atoms with Gasteiger partial charge in [0.15, 0.2) is 0 Å². The number of ether oxygens (including phenoxy) is 1. The molecule has 1 aromatic carbocycles. The molecule has 102 valence electrons. The molecule has 4 heteroatoms. The Balaban J connectivity index is 2.71. The Kier molecular flexibility index (Phi) is 4.99. The van der Waals surface area contributed by atoms with E-state index in [1.54, 1.807) is 0 Å². The van der Waals surface area contributed by atoms with E-state index >= 15 is 0 Å². The molecule has 0 aliphatic carbocycles. The third kappa shape index (κ3) is 3.62. The molecule has 1 atom stereocenters. The minimum absolute atomic E-state index is 0.145. The zero-order valence-electron chi connectivity index (χ0n) is 12.1. The third-order valence-corrected chi connectivity index (χ3v) is 3.40. The summed E-state index contributed by atoms with van der Waals surface area (Å²) >= 11 is 0. The lowest BCUT2D eigenvalue weighted by Gasteiger charge is -2.34. The van der Waals surface area contributed by atoms with E-state index in [0.717, 1.165) is 11.4 Å². The molecular formula is C14H25N3O. The number of benzene rings is 1. The molecule has 0 saturated heterocycles. The monoisotopic (exact) mass is 251 g/mol. The van der Waals surface area contributed by atoms with Crippen LogP contribution in [0.15, 0.2) is 24.3 Å². The van der Waals surface area contributed by atoms with E-state index in [4.69, 9.17) is 10.5 Å². The maximum Gasteiger partial charge on any atom is 0.121 e. The molecule has 2 N–H and O–H groups in total. The minimum Gasteiger partial charge on any atom is -0.492 e. The van der Waals surface area contributed by atoms with E-state index < -0.39 is 0 Å². The maximum absolute atomic E-state index is 5.87. The Hall–Kier alpha value is -1.26. The number of anilines is 1. The first kappa shape index (κ1) is 14.8. The summed E-state index contributed by atoms with van der Waals surface area (Å²) in [6, 6.07) is 8.06. The van der Waals surface area contributed by atoms with E-state index in [2.05, 4.69) is 22.8 Å². The summed E-state index contributed by atoms with van der Waals surface area (Å²) in [6.07, 6.45) is 0. The van der Waals surface area contributed by atoms with Gasteiger partial charge in [0, 0.05) is 32.4 Å². The van der Waals surface area contributed by atoms with E-state index in [1.165, 1.54) is 0 Å². The third-order valence-electron chi connectivity index (χ3n) is 3.40. The second-order valence-electron chi connectivity index (χ2n) is 5.28. The molecule has 18 heavy (non-hydrogen) atoms. The van der Waals surface area contributed by atoms with Crippen LogP contribution in [0.25, 0.3) is 0 Å². The van der Waals surface area contributed by atoms with Gasteiger partial charge in [-0.2, -0.15) is 0 Å². The molecule has 1 unspecified atom stereocenters. The lowest BCUT2D eigenvalue weighted by Crippen LogP contribution is -2.52. The summed E-state index contributed by atoms with van der Waals surface area (Å²) in [5.41, 5.74) is 6.81. The number of hydrogen-bond acceptors (Lipinski definition) is 4. The van der Waals surface area contributed by atoms with Crippen LogP contribution in [0.5, 0.6) is 5.75 Å². The van der Waals surface area contributed by atoms with Crippen molar-refractivity contribution < 1.29 is 4.74 Å². The Morgan fingerprint density at radius 3 is 2.39 bits per heavy atom. The first-order valence-electron chi connectivity index (χ1n) is 6.17. The van der Waals surface area contributed by atoms with E-state index in [9.17, 15) is 0 Å². The second kappa shape index (κ2) is 6.07. The number of nitrogens with two attached hydrogens (primary N) is 1. The number of nitrogens with zero attached hydrogens (tertiary/aromatic N) is 2. The summed E-state index contributed by atoms with van der Waals surface area (Å²) in [5.74, 6) is 0.878. The molecule has 0 saturated carbocycles. The summed E-state index contributed by atoms with van der Waals surface area (Å²) in [4.78, 5) is 4.16. The van der Waals surface area contributed by atoms with Crippen LogP contribution in [-0.4, -0.2) is 51.8 Å². The van der Waals surface area contributed by atoms with Crippen molar-refractivity contribution >= 4 is 5.69 Å². The Labute approximate surface area is 110 Å². The minimum atomic E-state index is -0.145. The molecule has 0 fully saturated rings. The van der Waals surface area contributed by atoms with Crippen molar-refractivity contribution in [2.45, 2.75) is 12.5 Å². The van der Waals surface area contributed by atoms with Gasteiger partial charge >= 0.3 is 0 Å². The van der Waals surface area contributed by atoms with Crippen LogP contribution in [0.2, 0.25) is 0 Å². The van der Waals surface area contributed by atoms with Crippen LogP contribution in [-0.2, 0) is 0 Å². The number of likely N-dealkylation sites (N-methyl/N-ethyl adjacent to an activating group) is 1. The van der Waals surface area contributed by atoms with Crippen molar-refractivity contribution in [3.8, 4) is 5.75 Å². The standard InChI is InChI=1S/C14H25N3O/c1-14(10-15,17(4)5)11-18-13-8-6-7-12(9-13)16(2)3/h6-9H,10-11,15H2,1-5H3. The summed E-state index contributed by atoms with van der Waals surface area (Å²) < 4.78 is 5.87. The average molecular weight is 251 g/mol. The fourth-order valence-corrected chi connectivity index (χ4v) is 1.46. The second-order valence-corrected chi connectivity index (χ2v) is 5.28. The smallest absolute Gasteiger partial charge is 0.121 e. The highest BCUT2D eigenvalue weighted by molar-refractivity contribution is 5.49. The van der Waals surface area contributed by atoms with Gasteiger partial charge in [0.1, 0.15) is 12.4 Å².